The molecule has 3 aliphatic heterocycles. The fraction of sp³-hybridized carbons (Fsp3) is 0.893. The van der Waals surface area contributed by atoms with E-state index in [-0.39, 0.29) is 47.1 Å². The van der Waals surface area contributed by atoms with Gasteiger partial charge in [0.2, 0.25) is 0 Å². The van der Waals surface area contributed by atoms with Crippen molar-refractivity contribution in [3.63, 3.8) is 0 Å². The zero-order valence-electron chi connectivity index (χ0n) is 21.5. The van der Waals surface area contributed by atoms with Crippen LogP contribution in [0.25, 0.3) is 0 Å². The van der Waals surface area contributed by atoms with E-state index in [4.69, 9.17) is 14.2 Å². The number of epoxide rings is 1. The second-order valence-electron chi connectivity index (χ2n) is 13.8. The maximum absolute atomic E-state index is 13.4. The maximum Gasteiger partial charge on any atom is 0.186 e. The second-order valence-corrected chi connectivity index (χ2v) is 13.8. The smallest absolute Gasteiger partial charge is 0.186 e. The molecule has 0 aromatic rings. The van der Waals surface area contributed by atoms with E-state index in [1.54, 1.807) is 13.0 Å². The van der Waals surface area contributed by atoms with Crippen molar-refractivity contribution in [3.8, 4) is 0 Å². The van der Waals surface area contributed by atoms with E-state index in [2.05, 4.69) is 20.8 Å². The van der Waals surface area contributed by atoms with Crippen LogP contribution in [-0.4, -0.2) is 68.1 Å². The van der Waals surface area contributed by atoms with Gasteiger partial charge in [0.1, 0.15) is 17.3 Å². The highest BCUT2D eigenvalue weighted by atomic mass is 16.7. The highest BCUT2D eigenvalue weighted by Crippen LogP contribution is 2.74. The molecule has 3 heterocycles. The lowest BCUT2D eigenvalue weighted by Gasteiger charge is -2.66. The first-order valence-corrected chi connectivity index (χ1v) is 13.6. The van der Waals surface area contributed by atoms with Gasteiger partial charge in [0.25, 0.3) is 0 Å². The number of ether oxygens (including phenoxy) is 3. The summed E-state index contributed by atoms with van der Waals surface area (Å²) in [5.74, 6) is 0.605. The zero-order chi connectivity index (χ0) is 25.0. The first-order valence-electron chi connectivity index (χ1n) is 13.6. The number of ketones is 1. The molecule has 3 saturated heterocycles. The number of aliphatic hydroxyl groups excluding tert-OH is 1. The largest absolute Gasteiger partial charge is 0.386 e. The van der Waals surface area contributed by atoms with Crippen molar-refractivity contribution in [1.82, 2.24) is 0 Å². The van der Waals surface area contributed by atoms with Gasteiger partial charge in [-0.25, -0.2) is 0 Å². The van der Waals surface area contributed by atoms with Crippen molar-refractivity contribution in [2.75, 3.05) is 0 Å². The van der Waals surface area contributed by atoms with Gasteiger partial charge in [0.15, 0.2) is 12.1 Å². The van der Waals surface area contributed by atoms with Gasteiger partial charge in [0.05, 0.1) is 28.8 Å². The molecular weight excluding hydrogens is 448 g/mol. The van der Waals surface area contributed by atoms with Crippen molar-refractivity contribution in [3.05, 3.63) is 12.2 Å². The van der Waals surface area contributed by atoms with E-state index in [0.29, 0.717) is 12.8 Å². The van der Waals surface area contributed by atoms with Crippen LogP contribution in [0.2, 0.25) is 0 Å². The van der Waals surface area contributed by atoms with E-state index in [1.165, 1.54) is 0 Å². The summed E-state index contributed by atoms with van der Waals surface area (Å²) in [7, 11) is 0. The van der Waals surface area contributed by atoms with Crippen LogP contribution in [0.5, 0.6) is 0 Å². The molecule has 0 unspecified atom stereocenters. The molecule has 4 aliphatic carbocycles. The van der Waals surface area contributed by atoms with E-state index >= 15 is 0 Å². The Bertz CT molecular complexity index is 1020. The lowest BCUT2D eigenvalue weighted by molar-refractivity contribution is -0.400. The van der Waals surface area contributed by atoms with Gasteiger partial charge in [-0.15, -0.1) is 0 Å². The van der Waals surface area contributed by atoms with Crippen LogP contribution in [0.3, 0.4) is 0 Å². The van der Waals surface area contributed by atoms with Gasteiger partial charge in [0, 0.05) is 17.8 Å². The summed E-state index contributed by atoms with van der Waals surface area (Å²) in [4.78, 5) is 13.4. The maximum atomic E-state index is 13.4. The molecule has 3 saturated carbocycles. The Morgan fingerprint density at radius 1 is 1.03 bits per heavy atom. The van der Waals surface area contributed by atoms with E-state index in [0.717, 1.165) is 25.7 Å². The normalized spacial score (nSPS) is 66.5. The average molecular weight is 489 g/mol. The molecule has 2 bridgehead atoms. The van der Waals surface area contributed by atoms with E-state index in [1.807, 2.05) is 13.0 Å². The molecule has 0 aromatic carbocycles. The third kappa shape index (κ3) is 2.35. The zero-order valence-corrected chi connectivity index (χ0v) is 21.5. The highest BCUT2D eigenvalue weighted by Gasteiger charge is 2.80. The minimum atomic E-state index is -1.47. The number of fused-ring (bicyclic) bond motifs is 11. The quantitative estimate of drug-likeness (QED) is 0.450. The van der Waals surface area contributed by atoms with Crippen molar-refractivity contribution >= 4 is 5.78 Å². The summed E-state index contributed by atoms with van der Waals surface area (Å²) >= 11 is 0. The first-order chi connectivity index (χ1) is 16.3. The Morgan fingerprint density at radius 2 is 1.74 bits per heavy atom. The molecule has 194 valence electrons. The molecule has 3 N–H and O–H groups in total. The molecule has 7 aliphatic rings. The summed E-state index contributed by atoms with van der Waals surface area (Å²) in [6, 6.07) is 0. The molecule has 0 amide bonds. The number of carbonyl (C=O) groups excluding carboxylic acids is 1. The molecule has 0 radical (unpaired) electrons. The number of hydrogen-bond acceptors (Lipinski definition) is 7. The fourth-order valence-electron chi connectivity index (χ4n) is 10.4. The Labute approximate surface area is 207 Å². The van der Waals surface area contributed by atoms with Crippen molar-refractivity contribution in [2.24, 2.45) is 34.5 Å². The second kappa shape index (κ2) is 6.41. The third-order valence-corrected chi connectivity index (χ3v) is 12.8. The minimum absolute atomic E-state index is 0.0210. The number of allylic oxidation sites excluding steroid dienone is 1. The van der Waals surface area contributed by atoms with Crippen LogP contribution in [0.1, 0.15) is 73.1 Å². The third-order valence-electron chi connectivity index (χ3n) is 12.8. The Morgan fingerprint density at radius 3 is 2.49 bits per heavy atom. The highest BCUT2D eigenvalue weighted by molar-refractivity contribution is 5.97. The molecule has 7 heteroatoms. The van der Waals surface area contributed by atoms with Crippen molar-refractivity contribution in [1.29, 1.82) is 0 Å². The number of aliphatic hydroxyl groups is 3. The van der Waals surface area contributed by atoms with E-state index < -0.39 is 40.2 Å². The average Bonchev–Trinajstić information content (AvgIpc) is 3.54. The van der Waals surface area contributed by atoms with Crippen LogP contribution in [0.4, 0.5) is 0 Å². The summed E-state index contributed by atoms with van der Waals surface area (Å²) in [6.07, 6.45) is 5.95. The monoisotopic (exact) mass is 488 g/mol. The van der Waals surface area contributed by atoms with Gasteiger partial charge in [-0.05, 0) is 76.7 Å². The summed E-state index contributed by atoms with van der Waals surface area (Å²) in [6.45, 7) is 10.2. The number of hydrogen-bond donors (Lipinski definition) is 3. The summed E-state index contributed by atoms with van der Waals surface area (Å²) in [5, 5.41) is 33.5. The molecule has 14 atom stereocenters. The molecule has 7 nitrogen and oxygen atoms in total. The molecular formula is C28H40O7. The lowest BCUT2D eigenvalue weighted by Crippen LogP contribution is -2.75. The summed E-state index contributed by atoms with van der Waals surface area (Å²) < 4.78 is 19.4. The van der Waals surface area contributed by atoms with Gasteiger partial charge in [-0.3, -0.25) is 4.79 Å². The van der Waals surface area contributed by atoms with Crippen LogP contribution < -0.4 is 0 Å². The van der Waals surface area contributed by atoms with Gasteiger partial charge >= 0.3 is 0 Å². The number of rotatable bonds is 0. The first kappa shape index (κ1) is 23.3. The Kier molecular flexibility index (Phi) is 4.27. The molecule has 6 fully saturated rings. The number of carbonyl (C=O) groups is 1. The van der Waals surface area contributed by atoms with Crippen LogP contribution in [-0.2, 0) is 19.0 Å². The molecule has 0 aromatic heterocycles. The van der Waals surface area contributed by atoms with Crippen molar-refractivity contribution in [2.45, 2.75) is 120 Å². The summed E-state index contributed by atoms with van der Waals surface area (Å²) in [5.41, 5.74) is -4.72. The van der Waals surface area contributed by atoms with Crippen LogP contribution in [0, 0.1) is 34.5 Å². The van der Waals surface area contributed by atoms with Crippen molar-refractivity contribution < 1.29 is 34.3 Å². The molecule has 35 heavy (non-hydrogen) atoms. The van der Waals surface area contributed by atoms with Gasteiger partial charge in [-0.1, -0.05) is 19.9 Å². The Balaban J connectivity index is 1.30. The molecule has 1 spiro atoms. The van der Waals surface area contributed by atoms with E-state index in [9.17, 15) is 20.1 Å². The predicted molar refractivity (Wildman–Crippen MR) is 125 cm³/mol. The predicted octanol–water partition coefficient (Wildman–Crippen LogP) is 2.50. The minimum Gasteiger partial charge on any atom is -0.386 e. The van der Waals surface area contributed by atoms with Gasteiger partial charge < -0.3 is 29.5 Å². The van der Waals surface area contributed by atoms with Crippen LogP contribution >= 0.6 is 0 Å². The Hall–Kier alpha value is -0.830. The topological polar surface area (TPSA) is 109 Å². The fourth-order valence-corrected chi connectivity index (χ4v) is 10.4. The molecule has 7 rings (SSSR count). The SMILES string of the molecule is C[C@@H]1[C@@]2(C)C[C@@H](O[C@]13CC[C@@H]1[C@@H]4[C@@H]5O[C@@H]5[C@@]5(O)CC=CC(=O)[C@]5(C)[C@@H]4CC[C@@]13C)[C@](C)(O)[C@@H](O)O2. The van der Waals surface area contributed by atoms with Crippen LogP contribution in [0.15, 0.2) is 12.2 Å². The lowest BCUT2D eigenvalue weighted by atomic mass is 9.42. The standard InChI is InChI=1S/C28H40O7/c1-14-24(3)13-18(26(5,31)22(30)35-24)34-28(14)12-9-15-19-16(8-11-23(15,28)2)25(4)17(29)7-6-10-27(25,32)21-20(19)33-21/h6-7,14-16,18-22,30-32H,8-13H2,1-5H3/t14-,15-,16-,18-,19+,20+,21+,22+,23+,24-,25+,26+,27+,28-/m1/s1. The van der Waals surface area contributed by atoms with Gasteiger partial charge in [-0.2, -0.15) is 0 Å².